The van der Waals surface area contributed by atoms with Crippen LogP contribution in [0.1, 0.15) is 11.6 Å². The van der Waals surface area contributed by atoms with Crippen LogP contribution in [0.15, 0.2) is 18.2 Å². The number of nitrogens with two attached hydrogens (primary N) is 1. The van der Waals surface area contributed by atoms with E-state index in [0.29, 0.717) is 11.8 Å². The number of pyridine rings is 1. The number of methoxy groups -OCH3 is 1. The molecule has 1 aromatic rings. The van der Waals surface area contributed by atoms with E-state index < -0.39 is 0 Å². The first-order valence-corrected chi connectivity index (χ1v) is 4.78. The van der Waals surface area contributed by atoms with Crippen molar-refractivity contribution in [3.05, 3.63) is 23.9 Å². The van der Waals surface area contributed by atoms with Crippen molar-refractivity contribution >= 4 is 0 Å². The minimum absolute atomic E-state index is 0.162. The van der Waals surface area contributed by atoms with Crippen LogP contribution in [0.5, 0.6) is 5.88 Å². The highest BCUT2D eigenvalue weighted by atomic mass is 16.5. The predicted octanol–water partition coefficient (Wildman–Crippen LogP) is 0.104. The lowest BCUT2D eigenvalue weighted by Gasteiger charge is -2.13. The van der Waals surface area contributed by atoms with Gasteiger partial charge in [0.05, 0.1) is 12.8 Å². The van der Waals surface area contributed by atoms with Gasteiger partial charge in [-0.1, -0.05) is 6.07 Å². The van der Waals surface area contributed by atoms with Gasteiger partial charge in [-0.25, -0.2) is 4.98 Å². The van der Waals surface area contributed by atoms with E-state index >= 15 is 0 Å². The zero-order chi connectivity index (χ0) is 9.97. The monoisotopic (exact) mass is 193 g/mol. The van der Waals surface area contributed by atoms with Gasteiger partial charge in [0.25, 0.3) is 0 Å². The van der Waals surface area contributed by atoms with Crippen LogP contribution in [-0.4, -0.2) is 31.2 Å². The molecule has 1 aromatic heterocycles. The smallest absolute Gasteiger partial charge is 0.213 e. The van der Waals surface area contributed by atoms with E-state index in [1.807, 2.05) is 18.2 Å². The Labute approximate surface area is 83.5 Å². The summed E-state index contributed by atoms with van der Waals surface area (Å²) >= 11 is 0. The number of hydrogen-bond donors (Lipinski definition) is 2. The quantitative estimate of drug-likeness (QED) is 0.699. The van der Waals surface area contributed by atoms with Crippen LogP contribution >= 0.6 is 0 Å². The topological polar surface area (TPSA) is 60.2 Å². The van der Waals surface area contributed by atoms with Gasteiger partial charge >= 0.3 is 0 Å². The highest BCUT2D eigenvalue weighted by Gasteiger charge is 2.26. The molecule has 2 rings (SSSR count). The lowest BCUT2D eigenvalue weighted by Crippen LogP contribution is -2.28. The number of ether oxygens (including phenoxy) is 1. The Balaban J connectivity index is 2.22. The molecule has 0 aromatic carbocycles. The van der Waals surface area contributed by atoms with Gasteiger partial charge in [-0.05, 0) is 6.07 Å². The van der Waals surface area contributed by atoms with Crippen molar-refractivity contribution in [1.29, 1.82) is 0 Å². The maximum atomic E-state index is 5.96. The second-order valence-electron chi connectivity index (χ2n) is 3.53. The third-order valence-electron chi connectivity index (χ3n) is 2.60. The maximum absolute atomic E-state index is 5.96. The van der Waals surface area contributed by atoms with Crippen LogP contribution in [-0.2, 0) is 0 Å². The molecule has 76 valence electrons. The van der Waals surface area contributed by atoms with Crippen molar-refractivity contribution in [3.63, 3.8) is 0 Å². The molecule has 2 heterocycles. The summed E-state index contributed by atoms with van der Waals surface area (Å²) in [6.45, 7) is 1.77. The zero-order valence-electron chi connectivity index (χ0n) is 8.23. The summed E-state index contributed by atoms with van der Waals surface area (Å²) in [6.07, 6.45) is 0. The van der Waals surface area contributed by atoms with E-state index in [1.165, 1.54) is 0 Å². The van der Waals surface area contributed by atoms with Gasteiger partial charge in [0, 0.05) is 31.1 Å². The fourth-order valence-electron chi connectivity index (χ4n) is 1.77. The fourth-order valence-corrected chi connectivity index (χ4v) is 1.77. The minimum atomic E-state index is 0.162. The molecule has 0 bridgehead atoms. The van der Waals surface area contributed by atoms with Crippen LogP contribution < -0.4 is 15.8 Å². The molecule has 3 N–H and O–H groups in total. The van der Waals surface area contributed by atoms with Crippen molar-refractivity contribution < 1.29 is 4.74 Å². The van der Waals surface area contributed by atoms with E-state index in [2.05, 4.69) is 10.3 Å². The first kappa shape index (κ1) is 9.43. The third kappa shape index (κ3) is 1.71. The van der Waals surface area contributed by atoms with E-state index in [4.69, 9.17) is 10.5 Å². The fraction of sp³-hybridized carbons (Fsp3) is 0.500. The molecular formula is C10H15N3O. The second kappa shape index (κ2) is 3.94. The van der Waals surface area contributed by atoms with Gasteiger partial charge in [-0.3, -0.25) is 0 Å². The summed E-state index contributed by atoms with van der Waals surface area (Å²) in [5.74, 6) is 0.965. The van der Waals surface area contributed by atoms with Crippen LogP contribution in [0.2, 0.25) is 0 Å². The summed E-state index contributed by atoms with van der Waals surface area (Å²) in [6, 6.07) is 5.96. The predicted molar refractivity (Wildman–Crippen MR) is 54.4 cm³/mol. The van der Waals surface area contributed by atoms with E-state index in [1.54, 1.807) is 7.11 Å². The molecule has 0 spiro atoms. The first-order chi connectivity index (χ1) is 6.81. The van der Waals surface area contributed by atoms with Crippen molar-refractivity contribution in [2.45, 2.75) is 12.0 Å². The molecule has 0 radical (unpaired) electrons. The van der Waals surface area contributed by atoms with Gasteiger partial charge in [0.1, 0.15) is 0 Å². The lowest BCUT2D eigenvalue weighted by atomic mass is 10.00. The van der Waals surface area contributed by atoms with Crippen LogP contribution in [0, 0.1) is 0 Å². The minimum Gasteiger partial charge on any atom is -0.481 e. The van der Waals surface area contributed by atoms with E-state index in [9.17, 15) is 0 Å². The molecular weight excluding hydrogens is 178 g/mol. The summed E-state index contributed by atoms with van der Waals surface area (Å²) < 4.78 is 5.08. The van der Waals surface area contributed by atoms with Gasteiger partial charge in [0.2, 0.25) is 5.88 Å². The summed E-state index contributed by atoms with van der Waals surface area (Å²) in [5.41, 5.74) is 6.97. The molecule has 4 nitrogen and oxygen atoms in total. The number of rotatable bonds is 2. The third-order valence-corrected chi connectivity index (χ3v) is 2.60. The van der Waals surface area contributed by atoms with Gasteiger partial charge in [0.15, 0.2) is 0 Å². The standard InChI is InChI=1S/C10H15N3O/c1-14-10-4-2-3-9(13-10)7-5-12-6-8(7)11/h2-4,7-8,12H,5-6,11H2,1H3/t7?,8-/m0/s1. The highest BCUT2D eigenvalue weighted by molar-refractivity contribution is 5.21. The highest BCUT2D eigenvalue weighted by Crippen LogP contribution is 2.21. The lowest BCUT2D eigenvalue weighted by molar-refractivity contribution is 0.394. The summed E-state index contributed by atoms with van der Waals surface area (Å²) in [4.78, 5) is 4.38. The molecule has 14 heavy (non-hydrogen) atoms. The van der Waals surface area contributed by atoms with Gasteiger partial charge in [-0.2, -0.15) is 0 Å². The Bertz CT molecular complexity index is 316. The van der Waals surface area contributed by atoms with Crippen molar-refractivity contribution in [3.8, 4) is 5.88 Å². The molecule has 1 aliphatic rings. The van der Waals surface area contributed by atoms with Gasteiger partial charge in [-0.15, -0.1) is 0 Å². The molecule has 0 amide bonds. The van der Waals surface area contributed by atoms with Crippen LogP contribution in [0.25, 0.3) is 0 Å². The average Bonchev–Trinajstić information content (AvgIpc) is 2.65. The Morgan fingerprint density at radius 1 is 1.50 bits per heavy atom. The first-order valence-electron chi connectivity index (χ1n) is 4.78. The number of nitrogens with one attached hydrogen (secondary N) is 1. The molecule has 1 aliphatic heterocycles. The zero-order valence-corrected chi connectivity index (χ0v) is 8.23. The average molecular weight is 193 g/mol. The van der Waals surface area contributed by atoms with Crippen LogP contribution in [0.4, 0.5) is 0 Å². The molecule has 0 aliphatic carbocycles. The van der Waals surface area contributed by atoms with E-state index in [-0.39, 0.29) is 6.04 Å². The molecule has 0 saturated carbocycles. The normalized spacial score (nSPS) is 26.4. The number of nitrogens with zero attached hydrogens (tertiary/aromatic N) is 1. The molecule has 1 saturated heterocycles. The van der Waals surface area contributed by atoms with Crippen molar-refractivity contribution in [2.75, 3.05) is 20.2 Å². The largest absolute Gasteiger partial charge is 0.481 e. The maximum Gasteiger partial charge on any atom is 0.213 e. The SMILES string of the molecule is COc1cccc(C2CNC[C@@H]2N)n1. The second-order valence-corrected chi connectivity index (χ2v) is 3.53. The Morgan fingerprint density at radius 2 is 2.36 bits per heavy atom. The summed E-state index contributed by atoms with van der Waals surface area (Å²) in [7, 11) is 1.62. The van der Waals surface area contributed by atoms with Crippen molar-refractivity contribution in [2.24, 2.45) is 5.73 Å². The molecule has 2 atom stereocenters. The van der Waals surface area contributed by atoms with Crippen molar-refractivity contribution in [1.82, 2.24) is 10.3 Å². The van der Waals surface area contributed by atoms with Gasteiger partial charge < -0.3 is 15.8 Å². The number of hydrogen-bond acceptors (Lipinski definition) is 4. The molecule has 1 unspecified atom stereocenters. The summed E-state index contributed by atoms with van der Waals surface area (Å²) in [5, 5.41) is 3.25. The Morgan fingerprint density at radius 3 is 3.00 bits per heavy atom. The number of aromatic nitrogens is 1. The Kier molecular flexibility index (Phi) is 2.65. The molecule has 1 fully saturated rings. The molecule has 4 heteroatoms. The van der Waals surface area contributed by atoms with E-state index in [0.717, 1.165) is 18.8 Å². The Hall–Kier alpha value is -1.13. The van der Waals surface area contributed by atoms with Crippen LogP contribution in [0.3, 0.4) is 0 Å².